The second-order valence-electron chi connectivity index (χ2n) is 3.86. The van der Waals surface area contributed by atoms with Gasteiger partial charge in [-0.1, -0.05) is 6.92 Å². The number of amides is 1. The van der Waals surface area contributed by atoms with Gasteiger partial charge in [-0.2, -0.15) is 9.65 Å². The quantitative estimate of drug-likeness (QED) is 0.651. The van der Waals surface area contributed by atoms with Crippen molar-refractivity contribution in [2.45, 2.75) is 25.8 Å². The molecule has 1 aromatic rings. The summed E-state index contributed by atoms with van der Waals surface area (Å²) in [5, 5.41) is 21.7. The zero-order valence-electron chi connectivity index (χ0n) is 10.2. The molecule has 19 heavy (non-hydrogen) atoms. The van der Waals surface area contributed by atoms with Gasteiger partial charge in [0.15, 0.2) is 0 Å². The van der Waals surface area contributed by atoms with Crippen molar-refractivity contribution in [3.05, 3.63) is 39.7 Å². The summed E-state index contributed by atoms with van der Waals surface area (Å²) in [6.07, 6.45) is 0.702. The Morgan fingerprint density at radius 1 is 1.63 bits per heavy atom. The molecule has 0 bridgehead atoms. The number of hydrogen-bond acceptors (Lipinski definition) is 4. The van der Waals surface area contributed by atoms with Crippen LogP contribution in [-0.4, -0.2) is 16.9 Å². The lowest BCUT2D eigenvalue weighted by atomic mass is 10.1. The lowest BCUT2D eigenvalue weighted by Gasteiger charge is -2.13. The van der Waals surface area contributed by atoms with Crippen molar-refractivity contribution in [1.29, 1.82) is 5.26 Å². The van der Waals surface area contributed by atoms with Crippen LogP contribution < -0.4 is 5.32 Å². The summed E-state index contributed by atoms with van der Waals surface area (Å²) in [7, 11) is 0. The molecular formula is C12H12FN3O3. The van der Waals surface area contributed by atoms with Crippen LogP contribution in [-0.2, 0) is 0 Å². The van der Waals surface area contributed by atoms with Crippen LogP contribution in [0, 0.1) is 27.3 Å². The Bertz CT molecular complexity index is 540. The predicted molar refractivity (Wildman–Crippen MR) is 64.8 cm³/mol. The Hall–Kier alpha value is -2.49. The lowest BCUT2D eigenvalue weighted by Crippen LogP contribution is -2.34. The van der Waals surface area contributed by atoms with Crippen LogP contribution >= 0.6 is 0 Å². The highest BCUT2D eigenvalue weighted by molar-refractivity contribution is 5.95. The molecule has 1 N–H and O–H groups in total. The molecule has 1 unspecified atom stereocenters. The van der Waals surface area contributed by atoms with Crippen molar-refractivity contribution < 1.29 is 14.1 Å². The van der Waals surface area contributed by atoms with E-state index in [0.29, 0.717) is 6.42 Å². The molecule has 6 nitrogen and oxygen atoms in total. The van der Waals surface area contributed by atoms with Gasteiger partial charge in [-0.15, -0.1) is 0 Å². The number of nitrogens with one attached hydrogen (secondary N) is 1. The zero-order valence-corrected chi connectivity index (χ0v) is 10.2. The summed E-state index contributed by atoms with van der Waals surface area (Å²) in [5.74, 6) is -1.56. The first-order chi connectivity index (χ1) is 8.99. The number of carbonyl (C=O) groups excluding carboxylic acids is 1. The first-order valence-electron chi connectivity index (χ1n) is 5.61. The van der Waals surface area contributed by atoms with Gasteiger partial charge < -0.3 is 5.32 Å². The molecule has 0 radical (unpaired) electrons. The third-order valence-corrected chi connectivity index (χ3v) is 2.57. The van der Waals surface area contributed by atoms with E-state index in [1.165, 1.54) is 0 Å². The third kappa shape index (κ3) is 3.74. The van der Waals surface area contributed by atoms with Crippen LogP contribution in [0.1, 0.15) is 30.1 Å². The van der Waals surface area contributed by atoms with E-state index in [9.17, 15) is 19.3 Å². The standard InChI is InChI=1S/C12H12FN3O3/c1-2-9(5-6-14)15-12(17)8-3-4-10(13)11(7-8)16(18)19/h3-4,7,9H,2,5H2,1H3,(H,15,17). The number of nitro groups is 1. The van der Waals surface area contributed by atoms with Gasteiger partial charge in [0, 0.05) is 17.7 Å². The summed E-state index contributed by atoms with van der Waals surface area (Å²) in [4.78, 5) is 21.5. The topological polar surface area (TPSA) is 96.0 Å². The molecule has 0 heterocycles. The van der Waals surface area contributed by atoms with Crippen LogP contribution in [0.5, 0.6) is 0 Å². The Labute approximate surface area is 109 Å². The van der Waals surface area contributed by atoms with Crippen LogP contribution in [0.3, 0.4) is 0 Å². The number of rotatable bonds is 5. The Kier molecular flexibility index (Phi) is 4.94. The van der Waals surface area contributed by atoms with Gasteiger partial charge in [0.1, 0.15) is 0 Å². The monoisotopic (exact) mass is 265 g/mol. The first-order valence-corrected chi connectivity index (χ1v) is 5.61. The molecule has 0 spiro atoms. The van der Waals surface area contributed by atoms with Gasteiger partial charge in [-0.05, 0) is 18.6 Å². The second kappa shape index (κ2) is 6.44. The lowest BCUT2D eigenvalue weighted by molar-refractivity contribution is -0.387. The van der Waals surface area contributed by atoms with Gasteiger partial charge >= 0.3 is 5.69 Å². The number of nitrogens with zero attached hydrogens (tertiary/aromatic N) is 2. The molecule has 1 aromatic carbocycles. The zero-order chi connectivity index (χ0) is 14.4. The van der Waals surface area contributed by atoms with E-state index < -0.39 is 22.3 Å². The SMILES string of the molecule is CCC(CC#N)NC(=O)c1ccc(F)c([N+](=O)[O-])c1. The van der Waals surface area contributed by atoms with Crippen molar-refractivity contribution in [2.75, 3.05) is 0 Å². The molecular weight excluding hydrogens is 253 g/mol. The van der Waals surface area contributed by atoms with E-state index in [0.717, 1.165) is 18.2 Å². The molecule has 0 saturated carbocycles. The number of nitro benzene ring substituents is 1. The smallest absolute Gasteiger partial charge is 0.305 e. The number of carbonyl (C=O) groups is 1. The minimum absolute atomic E-state index is 0.00973. The predicted octanol–water partition coefficient (Wildman–Crippen LogP) is 2.16. The Morgan fingerprint density at radius 2 is 2.32 bits per heavy atom. The molecule has 1 amide bonds. The van der Waals surface area contributed by atoms with Crippen LogP contribution in [0.25, 0.3) is 0 Å². The maximum Gasteiger partial charge on any atom is 0.305 e. The molecule has 100 valence electrons. The van der Waals surface area contributed by atoms with Crippen molar-refractivity contribution in [2.24, 2.45) is 0 Å². The van der Waals surface area contributed by atoms with Crippen LogP contribution in [0.2, 0.25) is 0 Å². The van der Waals surface area contributed by atoms with Gasteiger partial charge in [0.05, 0.1) is 17.4 Å². The molecule has 0 aliphatic carbocycles. The van der Waals surface area contributed by atoms with Crippen molar-refractivity contribution in [3.63, 3.8) is 0 Å². The average molecular weight is 265 g/mol. The molecule has 0 saturated heterocycles. The highest BCUT2D eigenvalue weighted by atomic mass is 19.1. The van der Waals surface area contributed by atoms with Crippen molar-refractivity contribution >= 4 is 11.6 Å². The number of nitriles is 1. The summed E-state index contributed by atoms with van der Waals surface area (Å²) >= 11 is 0. The summed E-state index contributed by atoms with van der Waals surface area (Å²) in [5.41, 5.74) is -0.759. The fourth-order valence-electron chi connectivity index (χ4n) is 1.47. The Morgan fingerprint density at radius 3 is 2.84 bits per heavy atom. The maximum atomic E-state index is 13.1. The van der Waals surface area contributed by atoms with Gasteiger partial charge in [0.2, 0.25) is 5.82 Å². The summed E-state index contributed by atoms with van der Waals surface area (Å²) in [6, 6.07) is 4.51. The summed E-state index contributed by atoms with van der Waals surface area (Å²) in [6.45, 7) is 1.80. The third-order valence-electron chi connectivity index (χ3n) is 2.57. The van der Waals surface area contributed by atoms with E-state index in [2.05, 4.69) is 5.32 Å². The fraction of sp³-hybridized carbons (Fsp3) is 0.333. The Balaban J connectivity index is 2.92. The highest BCUT2D eigenvalue weighted by Crippen LogP contribution is 2.18. The van der Waals surface area contributed by atoms with Gasteiger partial charge in [0.25, 0.3) is 5.91 Å². The fourth-order valence-corrected chi connectivity index (χ4v) is 1.47. The number of hydrogen-bond donors (Lipinski definition) is 1. The van der Waals surface area contributed by atoms with Crippen LogP contribution in [0.15, 0.2) is 18.2 Å². The molecule has 1 atom stereocenters. The second-order valence-corrected chi connectivity index (χ2v) is 3.86. The minimum atomic E-state index is -0.995. The molecule has 1 rings (SSSR count). The molecule has 0 fully saturated rings. The van der Waals surface area contributed by atoms with E-state index >= 15 is 0 Å². The minimum Gasteiger partial charge on any atom is -0.348 e. The summed E-state index contributed by atoms with van der Waals surface area (Å²) < 4.78 is 13.1. The van der Waals surface area contributed by atoms with Crippen molar-refractivity contribution in [1.82, 2.24) is 5.32 Å². The largest absolute Gasteiger partial charge is 0.348 e. The van der Waals surface area contributed by atoms with Gasteiger partial charge in [-0.3, -0.25) is 14.9 Å². The number of halogens is 1. The highest BCUT2D eigenvalue weighted by Gasteiger charge is 2.18. The van der Waals surface area contributed by atoms with Gasteiger partial charge in [-0.25, -0.2) is 0 Å². The van der Waals surface area contributed by atoms with E-state index in [-0.39, 0.29) is 18.0 Å². The normalized spacial score (nSPS) is 11.4. The maximum absolute atomic E-state index is 13.1. The molecule has 0 aliphatic rings. The van der Waals surface area contributed by atoms with E-state index in [1.807, 2.05) is 6.07 Å². The van der Waals surface area contributed by atoms with E-state index in [4.69, 9.17) is 5.26 Å². The molecule has 7 heteroatoms. The van der Waals surface area contributed by atoms with Crippen molar-refractivity contribution in [3.8, 4) is 6.07 Å². The first kappa shape index (κ1) is 14.6. The van der Waals surface area contributed by atoms with Crippen LogP contribution in [0.4, 0.5) is 10.1 Å². The molecule has 0 aliphatic heterocycles. The average Bonchev–Trinajstić information content (AvgIpc) is 2.38. The number of benzene rings is 1. The van der Waals surface area contributed by atoms with E-state index in [1.54, 1.807) is 6.92 Å². The molecule has 0 aromatic heterocycles.